The maximum atomic E-state index is 14.2. The molecule has 0 radical (unpaired) electrons. The Labute approximate surface area is 217 Å². The number of ether oxygens (including phenoxy) is 5. The normalized spacial score (nSPS) is 18.5. The highest BCUT2D eigenvalue weighted by Crippen LogP contribution is 2.55. The van der Waals surface area contributed by atoms with Crippen molar-refractivity contribution in [3.05, 3.63) is 64.7 Å². The lowest BCUT2D eigenvalue weighted by Crippen LogP contribution is -2.24. The quantitative estimate of drug-likeness (QED) is 0.424. The van der Waals surface area contributed by atoms with Crippen molar-refractivity contribution in [2.75, 3.05) is 35.5 Å². The largest absolute Gasteiger partial charge is 0.493 e. The van der Waals surface area contributed by atoms with Crippen LogP contribution < -0.4 is 23.7 Å². The lowest BCUT2D eigenvalue weighted by Gasteiger charge is -2.34. The van der Waals surface area contributed by atoms with Gasteiger partial charge < -0.3 is 28.8 Å². The minimum absolute atomic E-state index is 0.103. The Kier molecular flexibility index (Phi) is 7.64. The molecule has 0 saturated heterocycles. The minimum atomic E-state index is -0.877. The second-order valence-corrected chi connectivity index (χ2v) is 9.31. The van der Waals surface area contributed by atoms with E-state index >= 15 is 0 Å². The Bertz CT molecular complexity index is 1300. The first-order chi connectivity index (χ1) is 17.8. The second-order valence-electron chi connectivity index (χ2n) is 9.31. The molecular weight excluding hydrogens is 472 g/mol. The van der Waals surface area contributed by atoms with E-state index in [4.69, 9.17) is 23.7 Å². The van der Waals surface area contributed by atoms with Gasteiger partial charge in [0, 0.05) is 16.7 Å². The van der Waals surface area contributed by atoms with Gasteiger partial charge in [0.1, 0.15) is 0 Å². The van der Waals surface area contributed by atoms with E-state index in [2.05, 4.69) is 6.92 Å². The van der Waals surface area contributed by atoms with Crippen molar-refractivity contribution in [2.24, 2.45) is 11.8 Å². The summed E-state index contributed by atoms with van der Waals surface area (Å²) in [5.74, 6) is 1.71. The van der Waals surface area contributed by atoms with Crippen LogP contribution in [0.4, 0.5) is 0 Å². The summed E-state index contributed by atoms with van der Waals surface area (Å²) in [5.41, 5.74) is 3.43. The summed E-state index contributed by atoms with van der Waals surface area (Å²) in [6.07, 6.45) is -0.255. The third kappa shape index (κ3) is 4.37. The molecule has 37 heavy (non-hydrogen) atoms. The van der Waals surface area contributed by atoms with E-state index in [0.717, 1.165) is 5.56 Å². The van der Waals surface area contributed by atoms with E-state index < -0.39 is 6.10 Å². The number of aliphatic hydroxyl groups is 1. The molecule has 0 amide bonds. The van der Waals surface area contributed by atoms with Crippen LogP contribution in [0, 0.1) is 11.8 Å². The maximum Gasteiger partial charge on any atom is 0.203 e. The van der Waals surface area contributed by atoms with Crippen LogP contribution in [0.5, 0.6) is 28.7 Å². The van der Waals surface area contributed by atoms with Crippen LogP contribution >= 0.6 is 0 Å². The molecule has 196 valence electrons. The molecule has 0 saturated carbocycles. The van der Waals surface area contributed by atoms with Gasteiger partial charge in [-0.15, -0.1) is 0 Å². The van der Waals surface area contributed by atoms with Gasteiger partial charge in [-0.1, -0.05) is 44.2 Å². The van der Waals surface area contributed by atoms with Crippen LogP contribution in [-0.2, 0) is 6.42 Å². The molecule has 7 nitrogen and oxygen atoms in total. The standard InChI is InChI=1S/C30H34O7/c1-16-13-19-14-21(33-3)29(36-6)30(37-7)23(19)24-20(26(31)17(16)2)15-22(34-4)28(35-5)25(24)27(32)18-11-9-8-10-12-18/h8-12,14-17,26,31H,13H2,1-7H3/t16-,17-,26-/m1/s1. The van der Waals surface area contributed by atoms with Crippen molar-refractivity contribution < 1.29 is 33.6 Å². The van der Waals surface area contributed by atoms with Gasteiger partial charge in [0.05, 0.1) is 47.2 Å². The number of fused-ring (bicyclic) bond motifs is 3. The number of hydrogen-bond acceptors (Lipinski definition) is 7. The third-order valence-corrected chi connectivity index (χ3v) is 7.38. The topological polar surface area (TPSA) is 83.5 Å². The molecule has 0 spiro atoms. The van der Waals surface area contributed by atoms with Crippen molar-refractivity contribution in [3.8, 4) is 39.9 Å². The number of methoxy groups -OCH3 is 5. The maximum absolute atomic E-state index is 14.2. The third-order valence-electron chi connectivity index (χ3n) is 7.38. The summed E-state index contributed by atoms with van der Waals surface area (Å²) in [7, 11) is 7.70. The summed E-state index contributed by atoms with van der Waals surface area (Å²) in [6, 6.07) is 12.7. The molecule has 1 aliphatic rings. The molecule has 3 aromatic carbocycles. The molecule has 7 heteroatoms. The molecule has 0 aromatic heterocycles. The zero-order valence-corrected chi connectivity index (χ0v) is 22.4. The first-order valence-corrected chi connectivity index (χ1v) is 12.2. The van der Waals surface area contributed by atoms with Crippen LogP contribution in [0.25, 0.3) is 11.1 Å². The number of ketones is 1. The van der Waals surface area contributed by atoms with Crippen LogP contribution in [0.1, 0.15) is 47.0 Å². The molecule has 1 N–H and O–H groups in total. The molecule has 0 bridgehead atoms. The van der Waals surface area contributed by atoms with Gasteiger partial charge in [-0.25, -0.2) is 0 Å². The summed E-state index contributed by atoms with van der Waals surface area (Å²) in [6.45, 7) is 4.11. The molecule has 0 aliphatic heterocycles. The Morgan fingerprint density at radius 1 is 0.784 bits per heavy atom. The van der Waals surface area contributed by atoms with E-state index in [0.29, 0.717) is 51.7 Å². The zero-order valence-electron chi connectivity index (χ0n) is 22.4. The molecule has 0 heterocycles. The van der Waals surface area contributed by atoms with Crippen LogP contribution in [0.2, 0.25) is 0 Å². The Balaban J connectivity index is 2.25. The Morgan fingerprint density at radius 2 is 1.38 bits per heavy atom. The highest BCUT2D eigenvalue weighted by molar-refractivity contribution is 6.16. The molecule has 3 aromatic rings. The fraction of sp³-hybridized carbons (Fsp3) is 0.367. The van der Waals surface area contributed by atoms with E-state index in [1.807, 2.05) is 31.2 Å². The van der Waals surface area contributed by atoms with Crippen molar-refractivity contribution in [1.82, 2.24) is 0 Å². The summed E-state index contributed by atoms with van der Waals surface area (Å²) >= 11 is 0. The SMILES string of the molecule is COc1cc2c(c(OC)c1OC)-c1c(cc(OC)c(OC)c1C(=O)c1ccccc1)[C@H](O)[C@H](C)[C@H](C)C2. The van der Waals surface area contributed by atoms with Gasteiger partial charge in [-0.2, -0.15) is 0 Å². The molecular formula is C30H34O7. The minimum Gasteiger partial charge on any atom is -0.493 e. The van der Waals surface area contributed by atoms with Gasteiger partial charge in [-0.05, 0) is 41.5 Å². The fourth-order valence-corrected chi connectivity index (χ4v) is 5.24. The predicted molar refractivity (Wildman–Crippen MR) is 142 cm³/mol. The summed E-state index contributed by atoms with van der Waals surface area (Å²) in [5, 5.41) is 11.7. The van der Waals surface area contributed by atoms with Gasteiger partial charge in [0.15, 0.2) is 28.8 Å². The lowest BCUT2D eigenvalue weighted by atomic mass is 9.74. The van der Waals surface area contributed by atoms with Gasteiger partial charge in [-0.3, -0.25) is 4.79 Å². The number of hydrogen-bond donors (Lipinski definition) is 1. The fourth-order valence-electron chi connectivity index (χ4n) is 5.24. The van der Waals surface area contributed by atoms with E-state index in [1.54, 1.807) is 39.5 Å². The highest BCUT2D eigenvalue weighted by atomic mass is 16.5. The van der Waals surface area contributed by atoms with Crippen molar-refractivity contribution in [2.45, 2.75) is 26.4 Å². The second kappa shape index (κ2) is 10.7. The number of rotatable bonds is 7. The number of aliphatic hydroxyl groups excluding tert-OH is 1. The summed E-state index contributed by atoms with van der Waals surface area (Å²) < 4.78 is 28.8. The molecule has 0 fully saturated rings. The Hall–Kier alpha value is -3.71. The van der Waals surface area contributed by atoms with Crippen LogP contribution in [-0.4, -0.2) is 46.4 Å². The first-order valence-electron chi connectivity index (χ1n) is 12.2. The van der Waals surface area contributed by atoms with Gasteiger partial charge >= 0.3 is 0 Å². The first kappa shape index (κ1) is 26.4. The average Bonchev–Trinajstić information content (AvgIpc) is 2.93. The van der Waals surface area contributed by atoms with Crippen molar-refractivity contribution in [3.63, 3.8) is 0 Å². The molecule has 0 unspecified atom stereocenters. The predicted octanol–water partition coefficient (Wildman–Crippen LogP) is 5.49. The van der Waals surface area contributed by atoms with Crippen LogP contribution in [0.3, 0.4) is 0 Å². The number of benzene rings is 3. The molecule has 4 rings (SSSR count). The van der Waals surface area contributed by atoms with Crippen molar-refractivity contribution in [1.29, 1.82) is 0 Å². The van der Waals surface area contributed by atoms with E-state index in [-0.39, 0.29) is 28.9 Å². The van der Waals surface area contributed by atoms with Crippen LogP contribution in [0.15, 0.2) is 42.5 Å². The van der Waals surface area contributed by atoms with Crippen molar-refractivity contribution >= 4 is 5.78 Å². The summed E-state index contributed by atoms with van der Waals surface area (Å²) in [4.78, 5) is 14.2. The van der Waals surface area contributed by atoms with Gasteiger partial charge in [0.25, 0.3) is 0 Å². The number of carbonyl (C=O) groups is 1. The monoisotopic (exact) mass is 506 g/mol. The zero-order chi connectivity index (χ0) is 26.9. The smallest absolute Gasteiger partial charge is 0.203 e. The highest BCUT2D eigenvalue weighted by Gasteiger charge is 2.37. The van der Waals surface area contributed by atoms with Gasteiger partial charge in [0.2, 0.25) is 5.75 Å². The van der Waals surface area contributed by atoms with E-state index in [9.17, 15) is 9.90 Å². The molecule has 1 aliphatic carbocycles. The average molecular weight is 507 g/mol. The molecule has 3 atom stereocenters. The Morgan fingerprint density at radius 3 is 1.95 bits per heavy atom. The van der Waals surface area contributed by atoms with E-state index in [1.165, 1.54) is 14.2 Å². The lowest BCUT2D eigenvalue weighted by molar-refractivity contribution is 0.0863. The number of carbonyl (C=O) groups excluding carboxylic acids is 1.